The fourth-order valence-electron chi connectivity index (χ4n) is 0.684. The lowest BCUT2D eigenvalue weighted by atomic mass is 10.1. The number of nitrogens with zero attached hydrogens (tertiary/aromatic N) is 1. The first-order valence-corrected chi connectivity index (χ1v) is 4.18. The number of amides is 2. The van der Waals surface area contributed by atoms with E-state index in [1.54, 1.807) is 13.8 Å². The molecule has 0 aliphatic rings. The van der Waals surface area contributed by atoms with E-state index in [0.29, 0.717) is 0 Å². The normalized spacial score (nSPS) is 11.7. The Balaban J connectivity index is 4.13. The average Bonchev–Trinajstić information content (AvgIpc) is 1.81. The number of urea groups is 1. The molecule has 0 saturated carbocycles. The van der Waals surface area contributed by atoms with Gasteiger partial charge in [-0.3, -0.25) is 0 Å². The van der Waals surface area contributed by atoms with Gasteiger partial charge in [0.1, 0.15) is 5.54 Å². The van der Waals surface area contributed by atoms with Crippen LogP contribution in [-0.2, 0) is 0 Å². The molecule has 0 heterocycles. The van der Waals surface area contributed by atoms with Gasteiger partial charge in [-0.25, -0.2) is 4.79 Å². The molecule has 0 saturated heterocycles. The monoisotopic (exact) mass is 183 g/mol. The fraction of sp³-hybridized carbons (Fsp3) is 0.778. The molecule has 0 unspecified atom stereocenters. The van der Waals surface area contributed by atoms with Crippen LogP contribution in [0.3, 0.4) is 0 Å². The van der Waals surface area contributed by atoms with Crippen LogP contribution in [0.2, 0.25) is 0 Å². The van der Waals surface area contributed by atoms with Gasteiger partial charge in [-0.2, -0.15) is 5.26 Å². The summed E-state index contributed by atoms with van der Waals surface area (Å²) < 4.78 is 0. The maximum Gasteiger partial charge on any atom is 0.316 e. The predicted molar refractivity (Wildman–Crippen MR) is 51.1 cm³/mol. The quantitative estimate of drug-likeness (QED) is 0.645. The summed E-state index contributed by atoms with van der Waals surface area (Å²) in [7, 11) is 0. The second kappa shape index (κ2) is 3.65. The first-order valence-electron chi connectivity index (χ1n) is 4.18. The summed E-state index contributed by atoms with van der Waals surface area (Å²) >= 11 is 0. The van der Waals surface area contributed by atoms with Crippen molar-refractivity contribution in [1.29, 1.82) is 5.26 Å². The highest BCUT2D eigenvalue weighted by atomic mass is 16.2. The molecule has 74 valence electrons. The third kappa shape index (κ3) is 5.97. The van der Waals surface area contributed by atoms with Gasteiger partial charge in [0.25, 0.3) is 0 Å². The number of nitrogens with one attached hydrogen (secondary N) is 2. The van der Waals surface area contributed by atoms with Crippen molar-refractivity contribution < 1.29 is 4.79 Å². The molecule has 0 rings (SSSR count). The minimum absolute atomic E-state index is 0.282. The predicted octanol–water partition coefficient (Wildman–Crippen LogP) is 1.39. The van der Waals surface area contributed by atoms with Gasteiger partial charge < -0.3 is 10.6 Å². The van der Waals surface area contributed by atoms with Crippen LogP contribution < -0.4 is 10.6 Å². The van der Waals surface area contributed by atoms with Crippen LogP contribution in [0, 0.1) is 11.3 Å². The molecule has 0 aliphatic heterocycles. The highest BCUT2D eigenvalue weighted by molar-refractivity contribution is 5.75. The standard InChI is InChI=1S/C9H17N3O/c1-8(2,3)11-7(13)12-9(4,5)6-10/h1-5H3,(H2,11,12,13). The molecule has 0 spiro atoms. The zero-order valence-electron chi connectivity index (χ0n) is 8.86. The fourth-order valence-corrected chi connectivity index (χ4v) is 0.684. The van der Waals surface area contributed by atoms with E-state index in [9.17, 15) is 4.79 Å². The van der Waals surface area contributed by atoms with Crippen molar-refractivity contribution in [3.05, 3.63) is 0 Å². The lowest BCUT2D eigenvalue weighted by molar-refractivity contribution is 0.226. The molecular formula is C9H17N3O. The van der Waals surface area contributed by atoms with Crippen LogP contribution >= 0.6 is 0 Å². The van der Waals surface area contributed by atoms with E-state index in [1.165, 1.54) is 0 Å². The SMILES string of the molecule is CC(C)(C)NC(=O)NC(C)(C)C#N. The van der Waals surface area contributed by atoms with Gasteiger partial charge in [0.05, 0.1) is 6.07 Å². The van der Waals surface area contributed by atoms with Crippen molar-refractivity contribution in [3.8, 4) is 6.07 Å². The van der Waals surface area contributed by atoms with Crippen LogP contribution in [0.25, 0.3) is 0 Å². The lowest BCUT2D eigenvalue weighted by Gasteiger charge is -2.24. The van der Waals surface area contributed by atoms with Gasteiger partial charge in [0.2, 0.25) is 0 Å². The number of rotatable bonds is 1. The molecule has 0 aromatic carbocycles. The Bertz CT molecular complexity index is 232. The van der Waals surface area contributed by atoms with E-state index in [0.717, 1.165) is 0 Å². The maximum absolute atomic E-state index is 11.3. The smallest absolute Gasteiger partial charge is 0.316 e. The van der Waals surface area contributed by atoms with Crippen LogP contribution in [0.1, 0.15) is 34.6 Å². The number of carbonyl (C=O) groups is 1. The van der Waals surface area contributed by atoms with Crippen molar-refractivity contribution >= 4 is 6.03 Å². The summed E-state index contributed by atoms with van der Waals surface area (Å²) in [5, 5.41) is 13.9. The molecule has 0 radical (unpaired) electrons. The minimum atomic E-state index is -0.824. The number of hydrogen-bond donors (Lipinski definition) is 2. The van der Waals surface area contributed by atoms with E-state index < -0.39 is 5.54 Å². The zero-order chi connectivity index (χ0) is 10.7. The van der Waals surface area contributed by atoms with Crippen LogP contribution in [-0.4, -0.2) is 17.1 Å². The van der Waals surface area contributed by atoms with Crippen LogP contribution in [0.5, 0.6) is 0 Å². The minimum Gasteiger partial charge on any atom is -0.334 e. The second-order valence-electron chi connectivity index (χ2n) is 4.57. The summed E-state index contributed by atoms with van der Waals surface area (Å²) in [5.41, 5.74) is -1.11. The molecule has 0 aromatic heterocycles. The molecule has 13 heavy (non-hydrogen) atoms. The van der Waals surface area contributed by atoms with E-state index in [1.807, 2.05) is 26.8 Å². The summed E-state index contributed by atoms with van der Waals surface area (Å²) in [6, 6.07) is 1.67. The van der Waals surface area contributed by atoms with Gasteiger partial charge in [0, 0.05) is 5.54 Å². The van der Waals surface area contributed by atoms with Crippen LogP contribution in [0.15, 0.2) is 0 Å². The third-order valence-corrected chi connectivity index (χ3v) is 1.19. The molecule has 0 fully saturated rings. The molecule has 4 nitrogen and oxygen atoms in total. The summed E-state index contributed by atoms with van der Waals surface area (Å²) in [6.45, 7) is 8.94. The molecular weight excluding hydrogens is 166 g/mol. The zero-order valence-corrected chi connectivity index (χ0v) is 8.86. The molecule has 0 atom stereocenters. The lowest BCUT2D eigenvalue weighted by Crippen LogP contribution is -2.52. The molecule has 2 N–H and O–H groups in total. The maximum atomic E-state index is 11.3. The first kappa shape index (κ1) is 11.8. The Labute approximate surface area is 79.3 Å². The van der Waals surface area contributed by atoms with Crippen LogP contribution in [0.4, 0.5) is 4.79 Å². The Morgan fingerprint density at radius 2 is 1.62 bits per heavy atom. The highest BCUT2D eigenvalue weighted by Gasteiger charge is 2.21. The van der Waals surface area contributed by atoms with Crippen molar-refractivity contribution in [2.75, 3.05) is 0 Å². The van der Waals surface area contributed by atoms with E-state index >= 15 is 0 Å². The Kier molecular flexibility index (Phi) is 3.30. The molecule has 0 aromatic rings. The van der Waals surface area contributed by atoms with Gasteiger partial charge >= 0.3 is 6.03 Å². The summed E-state index contributed by atoms with van der Waals surface area (Å²) in [4.78, 5) is 11.3. The molecule has 4 heteroatoms. The topological polar surface area (TPSA) is 64.9 Å². The molecule has 0 aliphatic carbocycles. The Morgan fingerprint density at radius 3 is 1.92 bits per heavy atom. The van der Waals surface area contributed by atoms with Crippen molar-refractivity contribution in [2.45, 2.75) is 45.7 Å². The highest BCUT2D eigenvalue weighted by Crippen LogP contribution is 2.01. The molecule has 0 bridgehead atoms. The van der Waals surface area contributed by atoms with Crippen molar-refractivity contribution in [1.82, 2.24) is 10.6 Å². The van der Waals surface area contributed by atoms with E-state index in [2.05, 4.69) is 10.6 Å². The Hall–Kier alpha value is -1.24. The number of nitriles is 1. The molecule has 2 amide bonds. The number of carbonyl (C=O) groups excluding carboxylic acids is 1. The summed E-state index contributed by atoms with van der Waals surface area (Å²) in [5.74, 6) is 0. The van der Waals surface area contributed by atoms with Gasteiger partial charge in [-0.05, 0) is 34.6 Å². The van der Waals surface area contributed by atoms with Crippen molar-refractivity contribution in [3.63, 3.8) is 0 Å². The Morgan fingerprint density at radius 1 is 1.15 bits per heavy atom. The van der Waals surface area contributed by atoms with Crippen molar-refractivity contribution in [2.24, 2.45) is 0 Å². The van der Waals surface area contributed by atoms with E-state index in [4.69, 9.17) is 5.26 Å². The largest absolute Gasteiger partial charge is 0.334 e. The average molecular weight is 183 g/mol. The van der Waals surface area contributed by atoms with Gasteiger partial charge in [0.15, 0.2) is 0 Å². The van der Waals surface area contributed by atoms with Gasteiger partial charge in [-0.15, -0.1) is 0 Å². The third-order valence-electron chi connectivity index (χ3n) is 1.19. The second-order valence-corrected chi connectivity index (χ2v) is 4.57. The number of hydrogen-bond acceptors (Lipinski definition) is 2. The first-order chi connectivity index (χ1) is 5.66. The van der Waals surface area contributed by atoms with Gasteiger partial charge in [-0.1, -0.05) is 0 Å². The van der Waals surface area contributed by atoms with E-state index in [-0.39, 0.29) is 11.6 Å². The summed E-state index contributed by atoms with van der Waals surface area (Å²) in [6.07, 6.45) is 0.